The van der Waals surface area contributed by atoms with Gasteiger partial charge in [-0.25, -0.2) is 9.50 Å². The lowest BCUT2D eigenvalue weighted by atomic mass is 10.1. The molecule has 0 amide bonds. The van der Waals surface area contributed by atoms with Gasteiger partial charge in [-0.2, -0.15) is 10.4 Å². The van der Waals surface area contributed by atoms with Gasteiger partial charge in [0.2, 0.25) is 0 Å². The number of ether oxygens (including phenoxy) is 3. The molecule has 8 nitrogen and oxygen atoms in total. The molecule has 0 saturated carbocycles. The van der Waals surface area contributed by atoms with Crippen LogP contribution in [0, 0.1) is 11.3 Å². The van der Waals surface area contributed by atoms with E-state index in [0.29, 0.717) is 32.1 Å². The summed E-state index contributed by atoms with van der Waals surface area (Å²) in [5.74, 6) is -0.642. The summed E-state index contributed by atoms with van der Waals surface area (Å²) in [7, 11) is 0. The summed E-state index contributed by atoms with van der Waals surface area (Å²) in [5, 5.41) is 13.4. The maximum Gasteiger partial charge on any atom is 0.260 e. The van der Waals surface area contributed by atoms with Crippen LogP contribution in [0.5, 0.6) is 0 Å². The lowest BCUT2D eigenvalue weighted by Crippen LogP contribution is -2.31. The van der Waals surface area contributed by atoms with E-state index < -0.39 is 5.79 Å². The zero-order chi connectivity index (χ0) is 23.6. The highest BCUT2D eigenvalue weighted by Crippen LogP contribution is 2.32. The third kappa shape index (κ3) is 6.17. The van der Waals surface area contributed by atoms with E-state index in [-0.39, 0.29) is 6.10 Å². The minimum Gasteiger partial charge on any atom is -0.382 e. The van der Waals surface area contributed by atoms with Crippen LogP contribution in [0.1, 0.15) is 24.0 Å². The van der Waals surface area contributed by atoms with Crippen molar-refractivity contribution in [3.8, 4) is 6.07 Å². The van der Waals surface area contributed by atoms with Crippen LogP contribution in [0.4, 0.5) is 5.82 Å². The number of rotatable bonds is 7. The highest BCUT2D eigenvalue weighted by Gasteiger charge is 2.42. The first-order chi connectivity index (χ1) is 16.7. The van der Waals surface area contributed by atoms with Crippen molar-refractivity contribution in [1.29, 1.82) is 5.26 Å². The second-order valence-electron chi connectivity index (χ2n) is 7.90. The predicted molar refractivity (Wildman–Crippen MR) is 127 cm³/mol. The lowest BCUT2D eigenvalue weighted by Gasteiger charge is -2.22. The molecule has 8 heteroatoms. The van der Waals surface area contributed by atoms with Crippen LogP contribution in [0.15, 0.2) is 85.3 Å². The summed E-state index contributed by atoms with van der Waals surface area (Å²) in [6.07, 6.45) is 4.48. The summed E-state index contributed by atoms with van der Waals surface area (Å²) in [4.78, 5) is 3.83. The number of anilines is 1. The van der Waals surface area contributed by atoms with Gasteiger partial charge in [-0.15, -0.1) is 0 Å². The molecule has 2 atom stereocenters. The molecule has 2 aromatic heterocycles. The summed E-state index contributed by atoms with van der Waals surface area (Å²) in [5.41, 5.74) is 8.53. The number of nitrogens with two attached hydrogens (primary N) is 1. The molecular formula is C26H27N5O3. The topological polar surface area (TPSA) is 108 Å². The maximum absolute atomic E-state index is 9.47. The molecule has 174 valence electrons. The van der Waals surface area contributed by atoms with E-state index in [4.69, 9.17) is 19.9 Å². The van der Waals surface area contributed by atoms with Gasteiger partial charge in [-0.1, -0.05) is 60.7 Å². The van der Waals surface area contributed by atoms with Gasteiger partial charge in [0.15, 0.2) is 5.82 Å². The lowest BCUT2D eigenvalue weighted by molar-refractivity contribution is -0.202. The van der Waals surface area contributed by atoms with Crippen molar-refractivity contribution in [3.05, 3.63) is 96.4 Å². The maximum atomic E-state index is 9.47. The second kappa shape index (κ2) is 11.4. The van der Waals surface area contributed by atoms with Crippen molar-refractivity contribution in [2.45, 2.75) is 37.9 Å². The van der Waals surface area contributed by atoms with Gasteiger partial charge in [0, 0.05) is 12.6 Å². The Labute approximate surface area is 198 Å². The monoisotopic (exact) mass is 457 g/mol. The molecule has 1 aliphatic heterocycles. The Kier molecular flexibility index (Phi) is 7.83. The molecule has 34 heavy (non-hydrogen) atoms. The fourth-order valence-corrected chi connectivity index (χ4v) is 3.62. The fraction of sp³-hybridized carbons (Fsp3) is 0.269. The van der Waals surface area contributed by atoms with Crippen molar-refractivity contribution in [2.75, 3.05) is 12.3 Å². The van der Waals surface area contributed by atoms with E-state index in [0.717, 1.165) is 23.1 Å². The molecule has 2 N–H and O–H groups in total. The van der Waals surface area contributed by atoms with Crippen LogP contribution in [0.2, 0.25) is 0 Å². The van der Waals surface area contributed by atoms with Crippen molar-refractivity contribution >= 4 is 11.3 Å². The third-order valence-corrected chi connectivity index (χ3v) is 5.42. The highest BCUT2D eigenvalue weighted by atomic mass is 16.7. The summed E-state index contributed by atoms with van der Waals surface area (Å²) >= 11 is 0. The van der Waals surface area contributed by atoms with E-state index in [9.17, 15) is 5.26 Å². The van der Waals surface area contributed by atoms with Gasteiger partial charge < -0.3 is 19.9 Å². The second-order valence-corrected chi connectivity index (χ2v) is 7.90. The van der Waals surface area contributed by atoms with Gasteiger partial charge in [0.1, 0.15) is 17.9 Å². The largest absolute Gasteiger partial charge is 0.382 e. The predicted octanol–water partition coefficient (Wildman–Crippen LogP) is 4.13. The molecule has 5 rings (SSSR count). The Morgan fingerprint density at radius 2 is 1.74 bits per heavy atom. The third-order valence-electron chi connectivity index (χ3n) is 5.42. The van der Waals surface area contributed by atoms with Crippen molar-refractivity contribution < 1.29 is 14.2 Å². The first-order valence-corrected chi connectivity index (χ1v) is 11.1. The zero-order valence-electron chi connectivity index (χ0n) is 18.8. The molecule has 2 unspecified atom stereocenters. The van der Waals surface area contributed by atoms with Gasteiger partial charge in [0.05, 0.1) is 25.9 Å². The molecule has 0 bridgehead atoms. The molecular weight excluding hydrogens is 430 g/mol. The number of nitrogen functional groups attached to an aromatic ring is 1. The summed E-state index contributed by atoms with van der Waals surface area (Å²) in [6, 6.07) is 25.7. The molecule has 0 radical (unpaired) electrons. The molecule has 1 aliphatic rings. The van der Waals surface area contributed by atoms with E-state index >= 15 is 0 Å². The molecule has 3 heterocycles. The Morgan fingerprint density at radius 1 is 1.03 bits per heavy atom. The summed E-state index contributed by atoms with van der Waals surface area (Å²) in [6.45, 7) is 1.38. The number of fused-ring (bicyclic) bond motifs is 1. The number of aromatic nitrogens is 3. The van der Waals surface area contributed by atoms with Crippen LogP contribution < -0.4 is 5.73 Å². The van der Waals surface area contributed by atoms with E-state index in [2.05, 4.69) is 16.2 Å². The number of hydrogen-bond donors (Lipinski definition) is 1. The Bertz CT molecular complexity index is 1210. The smallest absolute Gasteiger partial charge is 0.260 e. The number of benzene rings is 2. The Balaban J connectivity index is 0.000000226. The van der Waals surface area contributed by atoms with Crippen LogP contribution in [0.3, 0.4) is 0 Å². The Morgan fingerprint density at radius 3 is 2.41 bits per heavy atom. The van der Waals surface area contributed by atoms with Crippen molar-refractivity contribution in [1.82, 2.24) is 14.6 Å². The molecule has 4 aromatic rings. The molecule has 1 saturated heterocycles. The van der Waals surface area contributed by atoms with E-state index in [1.165, 1.54) is 6.33 Å². The minimum absolute atomic E-state index is 0.107. The van der Waals surface area contributed by atoms with E-state index in [1.807, 2.05) is 79.0 Å². The number of nitriles is 1. The zero-order valence-corrected chi connectivity index (χ0v) is 18.8. The van der Waals surface area contributed by atoms with Gasteiger partial charge in [-0.3, -0.25) is 0 Å². The molecule has 2 aromatic carbocycles. The SMILES string of the molecule is N#CC1(OCc2ccccc2)CCC(COCc2ccccc2)O1.Nc1ncnn2cccc12. The molecule has 0 spiro atoms. The average molecular weight is 458 g/mol. The van der Waals surface area contributed by atoms with Crippen LogP contribution >= 0.6 is 0 Å². The van der Waals surface area contributed by atoms with Gasteiger partial charge in [0.25, 0.3) is 5.79 Å². The van der Waals surface area contributed by atoms with Gasteiger partial charge in [-0.05, 0) is 29.7 Å². The van der Waals surface area contributed by atoms with E-state index in [1.54, 1.807) is 4.52 Å². The minimum atomic E-state index is -1.16. The van der Waals surface area contributed by atoms with Crippen molar-refractivity contribution in [2.24, 2.45) is 0 Å². The van der Waals surface area contributed by atoms with Crippen LogP contribution in [-0.2, 0) is 27.4 Å². The first-order valence-electron chi connectivity index (χ1n) is 11.1. The first kappa shape index (κ1) is 23.4. The van der Waals surface area contributed by atoms with Crippen molar-refractivity contribution in [3.63, 3.8) is 0 Å². The standard InChI is InChI=1S/C20H21NO3.C6H6N4/c21-16-20(23-14-18-9-5-2-6-10-18)12-11-19(24-20)15-22-13-17-7-3-1-4-8-17;7-6-5-2-1-3-10(5)9-4-8-6/h1-10,19H,11-15H2;1-4H,(H2,7,8,9). The normalized spacial score (nSPS) is 19.3. The highest BCUT2D eigenvalue weighted by molar-refractivity contribution is 5.63. The van der Waals surface area contributed by atoms with Crippen LogP contribution in [0.25, 0.3) is 5.52 Å². The quantitative estimate of drug-likeness (QED) is 0.444. The number of hydrogen-bond acceptors (Lipinski definition) is 7. The Hall–Kier alpha value is -3.77. The molecule has 1 fully saturated rings. The van der Waals surface area contributed by atoms with Crippen LogP contribution in [-0.4, -0.2) is 33.1 Å². The fourth-order valence-electron chi connectivity index (χ4n) is 3.62. The number of nitrogens with zero attached hydrogens (tertiary/aromatic N) is 4. The summed E-state index contributed by atoms with van der Waals surface area (Å²) < 4.78 is 19.0. The van der Waals surface area contributed by atoms with Gasteiger partial charge >= 0.3 is 0 Å². The molecule has 0 aliphatic carbocycles. The average Bonchev–Trinajstić information content (AvgIpc) is 3.53.